The SMILES string of the molecule is Cc1cc(CNC(=O)C2CC(=O)N(c3ccc(Cl)cc3)C2)nc(N(C)C)n1. The van der Waals surface area contributed by atoms with E-state index in [1.165, 1.54) is 0 Å². The Labute approximate surface area is 163 Å². The first-order valence-corrected chi connectivity index (χ1v) is 9.07. The number of rotatable bonds is 5. The number of aryl methyl sites for hydroxylation is 1. The third-order valence-electron chi connectivity index (χ3n) is 4.37. The molecule has 1 atom stereocenters. The first-order valence-electron chi connectivity index (χ1n) is 8.69. The molecule has 0 aliphatic carbocycles. The van der Waals surface area contributed by atoms with Gasteiger partial charge >= 0.3 is 0 Å². The summed E-state index contributed by atoms with van der Waals surface area (Å²) in [6.07, 6.45) is 0.195. The van der Waals surface area contributed by atoms with Gasteiger partial charge < -0.3 is 15.1 Å². The van der Waals surface area contributed by atoms with Crippen molar-refractivity contribution in [1.82, 2.24) is 15.3 Å². The minimum atomic E-state index is -0.385. The number of amides is 2. The topological polar surface area (TPSA) is 78.4 Å². The number of nitrogens with zero attached hydrogens (tertiary/aromatic N) is 4. The number of hydrogen-bond donors (Lipinski definition) is 1. The van der Waals surface area contributed by atoms with Crippen LogP contribution in [0.1, 0.15) is 17.8 Å². The second-order valence-corrected chi connectivity index (χ2v) is 7.23. The number of benzene rings is 1. The van der Waals surface area contributed by atoms with Gasteiger partial charge in [0.25, 0.3) is 0 Å². The van der Waals surface area contributed by atoms with Crippen molar-refractivity contribution in [3.63, 3.8) is 0 Å². The largest absolute Gasteiger partial charge is 0.350 e. The highest BCUT2D eigenvalue weighted by molar-refractivity contribution is 6.30. The van der Waals surface area contributed by atoms with Gasteiger partial charge in [-0.3, -0.25) is 9.59 Å². The van der Waals surface area contributed by atoms with Gasteiger partial charge in [0.1, 0.15) is 0 Å². The minimum Gasteiger partial charge on any atom is -0.350 e. The Kier molecular flexibility index (Phi) is 5.60. The van der Waals surface area contributed by atoms with Gasteiger partial charge in [-0.15, -0.1) is 0 Å². The van der Waals surface area contributed by atoms with Crippen LogP contribution >= 0.6 is 11.6 Å². The first-order chi connectivity index (χ1) is 12.8. The van der Waals surface area contributed by atoms with Gasteiger partial charge in [-0.1, -0.05) is 11.6 Å². The Morgan fingerprint density at radius 3 is 2.67 bits per heavy atom. The fourth-order valence-electron chi connectivity index (χ4n) is 2.98. The molecule has 142 valence electrons. The smallest absolute Gasteiger partial charge is 0.227 e. The normalized spacial score (nSPS) is 16.5. The molecule has 3 rings (SSSR count). The van der Waals surface area contributed by atoms with Gasteiger partial charge in [-0.2, -0.15) is 0 Å². The van der Waals surface area contributed by atoms with Crippen molar-refractivity contribution in [3.8, 4) is 0 Å². The molecule has 27 heavy (non-hydrogen) atoms. The number of carbonyl (C=O) groups excluding carboxylic acids is 2. The first kappa shape index (κ1) is 19.1. The summed E-state index contributed by atoms with van der Waals surface area (Å²) in [6, 6.07) is 8.88. The molecule has 1 fully saturated rings. The van der Waals surface area contributed by atoms with Crippen LogP contribution in [-0.4, -0.2) is 42.4 Å². The number of nitrogens with one attached hydrogen (secondary N) is 1. The second-order valence-electron chi connectivity index (χ2n) is 6.79. The molecule has 0 radical (unpaired) electrons. The maximum Gasteiger partial charge on any atom is 0.227 e. The van der Waals surface area contributed by atoms with Crippen molar-refractivity contribution in [2.75, 3.05) is 30.4 Å². The summed E-state index contributed by atoms with van der Waals surface area (Å²) in [6.45, 7) is 2.55. The maximum atomic E-state index is 12.5. The van der Waals surface area contributed by atoms with Crippen LogP contribution in [-0.2, 0) is 16.1 Å². The molecule has 1 N–H and O–H groups in total. The molecule has 7 nitrogen and oxygen atoms in total. The van der Waals surface area contributed by atoms with Gasteiger partial charge in [0.05, 0.1) is 18.2 Å². The summed E-state index contributed by atoms with van der Waals surface area (Å²) in [5.74, 6) is 0.00127. The van der Waals surface area contributed by atoms with Crippen LogP contribution in [0.3, 0.4) is 0 Å². The number of hydrogen-bond acceptors (Lipinski definition) is 5. The lowest BCUT2D eigenvalue weighted by Crippen LogP contribution is -2.33. The van der Waals surface area contributed by atoms with E-state index in [4.69, 9.17) is 11.6 Å². The molecule has 0 bridgehead atoms. The van der Waals surface area contributed by atoms with E-state index in [2.05, 4.69) is 15.3 Å². The van der Waals surface area contributed by atoms with Crippen molar-refractivity contribution < 1.29 is 9.59 Å². The zero-order chi connectivity index (χ0) is 19.6. The average molecular weight is 388 g/mol. The van der Waals surface area contributed by atoms with Crippen molar-refractivity contribution in [3.05, 3.63) is 46.7 Å². The Morgan fingerprint density at radius 1 is 1.30 bits per heavy atom. The number of carbonyl (C=O) groups is 2. The standard InChI is InChI=1S/C19H22ClN5O2/c1-12-8-15(23-19(22-12)24(2)3)10-21-18(27)13-9-17(26)25(11-13)16-6-4-14(20)5-7-16/h4-8,13H,9-11H2,1-3H3,(H,21,27). The average Bonchev–Trinajstić information content (AvgIpc) is 3.01. The number of anilines is 2. The van der Waals surface area contributed by atoms with E-state index in [0.717, 1.165) is 17.1 Å². The quantitative estimate of drug-likeness (QED) is 0.850. The van der Waals surface area contributed by atoms with Crippen molar-refractivity contribution in [2.24, 2.45) is 5.92 Å². The van der Waals surface area contributed by atoms with Gasteiger partial charge in [0, 0.05) is 43.5 Å². The van der Waals surface area contributed by atoms with Gasteiger partial charge in [0.2, 0.25) is 17.8 Å². The monoisotopic (exact) mass is 387 g/mol. The predicted molar refractivity (Wildman–Crippen MR) is 105 cm³/mol. The van der Waals surface area contributed by atoms with Crippen LogP contribution in [0.5, 0.6) is 0 Å². The maximum absolute atomic E-state index is 12.5. The van der Waals surface area contributed by atoms with Gasteiger partial charge in [0.15, 0.2) is 0 Å². The molecule has 1 aliphatic rings. The highest BCUT2D eigenvalue weighted by atomic mass is 35.5. The zero-order valence-corrected chi connectivity index (χ0v) is 16.3. The van der Waals surface area contributed by atoms with E-state index in [9.17, 15) is 9.59 Å². The zero-order valence-electron chi connectivity index (χ0n) is 15.6. The number of aromatic nitrogens is 2. The van der Waals surface area contributed by atoms with E-state index < -0.39 is 0 Å². The molecule has 0 spiro atoms. The van der Waals surface area contributed by atoms with Crippen molar-refractivity contribution in [1.29, 1.82) is 0 Å². The van der Waals surface area contributed by atoms with Gasteiger partial charge in [-0.25, -0.2) is 9.97 Å². The van der Waals surface area contributed by atoms with Crippen molar-refractivity contribution >= 4 is 35.1 Å². The molecule has 1 unspecified atom stereocenters. The van der Waals surface area contributed by atoms with E-state index >= 15 is 0 Å². The van der Waals surface area contributed by atoms with E-state index in [0.29, 0.717) is 24.1 Å². The van der Waals surface area contributed by atoms with E-state index in [1.807, 2.05) is 32.0 Å². The molecule has 1 aliphatic heterocycles. The second kappa shape index (κ2) is 7.92. The Balaban J connectivity index is 1.62. The third kappa shape index (κ3) is 4.54. The molecular weight excluding hydrogens is 366 g/mol. The Bertz CT molecular complexity index is 854. The highest BCUT2D eigenvalue weighted by Crippen LogP contribution is 2.26. The molecule has 1 aromatic carbocycles. The predicted octanol–water partition coefficient (Wildman–Crippen LogP) is 2.17. The Morgan fingerprint density at radius 2 is 2.00 bits per heavy atom. The molecule has 0 saturated carbocycles. The lowest BCUT2D eigenvalue weighted by molar-refractivity contribution is -0.126. The summed E-state index contributed by atoms with van der Waals surface area (Å²) >= 11 is 5.89. The molecule has 2 aromatic rings. The number of halogens is 1. The lowest BCUT2D eigenvalue weighted by Gasteiger charge is -2.17. The summed E-state index contributed by atoms with van der Waals surface area (Å²) in [7, 11) is 3.74. The molecule has 1 saturated heterocycles. The molecule has 1 aromatic heterocycles. The molecule has 8 heteroatoms. The van der Waals surface area contributed by atoms with Crippen LogP contribution in [0.4, 0.5) is 11.6 Å². The highest BCUT2D eigenvalue weighted by Gasteiger charge is 2.35. The van der Waals surface area contributed by atoms with Crippen LogP contribution in [0, 0.1) is 12.8 Å². The van der Waals surface area contributed by atoms with Crippen LogP contribution < -0.4 is 15.1 Å². The summed E-state index contributed by atoms with van der Waals surface area (Å²) in [5, 5.41) is 3.50. The van der Waals surface area contributed by atoms with Crippen LogP contribution in [0.2, 0.25) is 5.02 Å². The fraction of sp³-hybridized carbons (Fsp3) is 0.368. The fourth-order valence-corrected chi connectivity index (χ4v) is 3.11. The molecular formula is C19H22ClN5O2. The van der Waals surface area contributed by atoms with Crippen LogP contribution in [0.25, 0.3) is 0 Å². The van der Waals surface area contributed by atoms with E-state index in [-0.39, 0.29) is 24.2 Å². The van der Waals surface area contributed by atoms with Gasteiger partial charge in [-0.05, 0) is 37.3 Å². The van der Waals surface area contributed by atoms with E-state index in [1.54, 1.807) is 29.2 Å². The summed E-state index contributed by atoms with van der Waals surface area (Å²) in [4.78, 5) is 37.0. The summed E-state index contributed by atoms with van der Waals surface area (Å²) in [5.41, 5.74) is 2.32. The Hall–Kier alpha value is -2.67. The van der Waals surface area contributed by atoms with Crippen LogP contribution in [0.15, 0.2) is 30.3 Å². The van der Waals surface area contributed by atoms with Crippen molar-refractivity contribution in [2.45, 2.75) is 19.9 Å². The molecule has 2 heterocycles. The summed E-state index contributed by atoms with van der Waals surface area (Å²) < 4.78 is 0. The molecule has 2 amide bonds. The minimum absolute atomic E-state index is 0.0646. The third-order valence-corrected chi connectivity index (χ3v) is 4.63. The lowest BCUT2D eigenvalue weighted by atomic mass is 10.1.